The molecule has 5 atom stereocenters. The van der Waals surface area contributed by atoms with Crippen molar-refractivity contribution in [2.24, 2.45) is 0 Å². The lowest BCUT2D eigenvalue weighted by Gasteiger charge is -2.24. The van der Waals surface area contributed by atoms with Crippen LogP contribution in [0.5, 0.6) is 5.75 Å². The van der Waals surface area contributed by atoms with E-state index in [1.165, 1.54) is 17.8 Å². The maximum absolute atomic E-state index is 15.1. The Morgan fingerprint density at radius 3 is 2.72 bits per heavy atom. The molecule has 170 valence electrons. The van der Waals surface area contributed by atoms with E-state index < -0.39 is 45.0 Å². The summed E-state index contributed by atoms with van der Waals surface area (Å²) in [6, 6.07) is 8.36. The molecule has 1 aliphatic rings. The average molecular weight is 468 g/mol. The molecule has 1 unspecified atom stereocenters. The van der Waals surface area contributed by atoms with Gasteiger partial charge in [-0.1, -0.05) is 18.2 Å². The fourth-order valence-corrected chi connectivity index (χ4v) is 4.09. The molecule has 0 saturated carbocycles. The van der Waals surface area contributed by atoms with Crippen molar-refractivity contribution in [1.29, 1.82) is 0 Å². The number of anilines is 1. The van der Waals surface area contributed by atoms with Gasteiger partial charge >= 0.3 is 14.3 Å². The summed E-state index contributed by atoms with van der Waals surface area (Å²) < 4.78 is 58.5. The standard InChI is InChI=1S/C19H21F2N5O5P/c1-19(9-29-32(28)31-11-7-5-4-6-8-11)14(27)12(20)17(30-19)26-10-22-13-15(25(2)3)23-18(21)24-16(13)26/h4-8,10,12,14,17,27H,9H2,1-3H3/q+1/t12-,14+,17-,19-/m1/s1. The number of nitrogens with zero attached hydrogens (tertiary/aromatic N) is 5. The number of hydrogen-bond acceptors (Lipinski definition) is 9. The first-order valence-electron chi connectivity index (χ1n) is 9.60. The SMILES string of the molecule is CN(C)c1nc(F)nc2c1ncn2[C@@H]1O[C@](C)(CO[P+](=O)Oc2ccccc2)[C@@H](O)[C@H]1F. The zero-order valence-corrected chi connectivity index (χ0v) is 18.3. The lowest BCUT2D eigenvalue weighted by Crippen LogP contribution is -2.42. The first-order valence-corrected chi connectivity index (χ1v) is 10.7. The Morgan fingerprint density at radius 1 is 1.31 bits per heavy atom. The van der Waals surface area contributed by atoms with Crippen LogP contribution in [0.15, 0.2) is 36.7 Å². The van der Waals surface area contributed by atoms with Gasteiger partial charge in [0.25, 0.3) is 0 Å². The van der Waals surface area contributed by atoms with Crippen molar-refractivity contribution >= 4 is 25.2 Å². The van der Waals surface area contributed by atoms with Gasteiger partial charge in [-0.3, -0.25) is 4.57 Å². The third-order valence-electron chi connectivity index (χ3n) is 5.04. The van der Waals surface area contributed by atoms with E-state index in [-0.39, 0.29) is 17.0 Å². The van der Waals surface area contributed by atoms with E-state index in [0.29, 0.717) is 5.75 Å². The summed E-state index contributed by atoms with van der Waals surface area (Å²) in [6.07, 6.45) is -4.71. The summed E-state index contributed by atoms with van der Waals surface area (Å²) in [5, 5.41) is 10.5. The summed E-state index contributed by atoms with van der Waals surface area (Å²) in [7, 11) is 0.708. The van der Waals surface area contributed by atoms with Crippen molar-refractivity contribution in [3.05, 3.63) is 42.7 Å². The van der Waals surface area contributed by atoms with Crippen LogP contribution >= 0.6 is 8.25 Å². The van der Waals surface area contributed by atoms with E-state index in [4.69, 9.17) is 13.8 Å². The van der Waals surface area contributed by atoms with Crippen molar-refractivity contribution in [3.8, 4) is 5.75 Å². The first-order chi connectivity index (χ1) is 15.2. The van der Waals surface area contributed by atoms with Crippen molar-refractivity contribution in [2.45, 2.75) is 31.0 Å². The molecule has 32 heavy (non-hydrogen) atoms. The van der Waals surface area contributed by atoms with E-state index in [1.807, 2.05) is 0 Å². The molecule has 0 spiro atoms. The molecule has 2 aromatic heterocycles. The summed E-state index contributed by atoms with van der Waals surface area (Å²) in [6.45, 7) is 0.988. The second kappa shape index (κ2) is 8.62. The monoisotopic (exact) mass is 468 g/mol. The number of alkyl halides is 1. The number of fused-ring (bicyclic) bond motifs is 1. The van der Waals surface area contributed by atoms with Gasteiger partial charge in [0.05, 0.1) is 6.33 Å². The Bertz CT molecular complexity index is 1130. The quantitative estimate of drug-likeness (QED) is 0.413. The van der Waals surface area contributed by atoms with E-state index in [9.17, 15) is 14.1 Å². The molecule has 1 aliphatic heterocycles. The van der Waals surface area contributed by atoms with Crippen LogP contribution in [0.2, 0.25) is 0 Å². The largest absolute Gasteiger partial charge is 0.750 e. The Morgan fingerprint density at radius 2 is 2.03 bits per heavy atom. The third-order valence-corrected chi connectivity index (χ3v) is 5.74. The van der Waals surface area contributed by atoms with Crippen molar-refractivity contribution in [2.75, 3.05) is 25.6 Å². The highest BCUT2D eigenvalue weighted by atomic mass is 31.1. The summed E-state index contributed by atoms with van der Waals surface area (Å²) in [5.41, 5.74) is -1.32. The zero-order valence-electron chi connectivity index (χ0n) is 17.4. The van der Waals surface area contributed by atoms with Crippen LogP contribution < -0.4 is 9.42 Å². The molecule has 3 heterocycles. The predicted molar refractivity (Wildman–Crippen MR) is 110 cm³/mol. The van der Waals surface area contributed by atoms with Crippen LogP contribution in [0.3, 0.4) is 0 Å². The molecule has 1 fully saturated rings. The van der Waals surface area contributed by atoms with Gasteiger partial charge < -0.3 is 14.7 Å². The van der Waals surface area contributed by atoms with Crippen LogP contribution in [-0.4, -0.2) is 63.2 Å². The number of aliphatic hydroxyl groups is 1. The van der Waals surface area contributed by atoms with Crippen molar-refractivity contribution < 1.29 is 32.2 Å². The van der Waals surface area contributed by atoms with E-state index in [2.05, 4.69) is 15.0 Å². The minimum atomic E-state index is -2.60. The zero-order chi connectivity index (χ0) is 23.0. The van der Waals surface area contributed by atoms with Crippen LogP contribution in [0.4, 0.5) is 14.6 Å². The van der Waals surface area contributed by atoms with E-state index in [0.717, 1.165) is 0 Å². The van der Waals surface area contributed by atoms with Crippen molar-refractivity contribution in [1.82, 2.24) is 19.5 Å². The Balaban J connectivity index is 1.53. The molecule has 0 radical (unpaired) electrons. The number of rotatable bonds is 7. The topological polar surface area (TPSA) is 112 Å². The number of benzene rings is 1. The maximum atomic E-state index is 15.1. The number of hydrogen-bond donors (Lipinski definition) is 1. The highest BCUT2D eigenvalue weighted by molar-refractivity contribution is 7.33. The molecule has 1 N–H and O–H groups in total. The number of aromatic nitrogens is 4. The molecule has 0 aliphatic carbocycles. The van der Waals surface area contributed by atoms with Gasteiger partial charge in [-0.25, -0.2) is 13.9 Å². The molecule has 0 bridgehead atoms. The molecule has 0 amide bonds. The van der Waals surface area contributed by atoms with E-state index >= 15 is 4.39 Å². The minimum absolute atomic E-state index is 0.00436. The Kier molecular flexibility index (Phi) is 6.04. The number of para-hydroxylation sites is 1. The number of halogens is 2. The normalized spacial score (nSPS) is 25.8. The van der Waals surface area contributed by atoms with Gasteiger partial charge in [0.2, 0.25) is 0 Å². The lowest BCUT2D eigenvalue weighted by molar-refractivity contribution is -0.110. The smallest absolute Gasteiger partial charge is 0.387 e. The first kappa shape index (κ1) is 22.4. The fourth-order valence-electron chi connectivity index (χ4n) is 3.38. The van der Waals surface area contributed by atoms with Gasteiger partial charge in [0.1, 0.15) is 18.3 Å². The predicted octanol–water partition coefficient (Wildman–Crippen LogP) is 2.77. The molecule has 13 heteroatoms. The molecule has 3 aromatic rings. The summed E-state index contributed by atoms with van der Waals surface area (Å²) in [4.78, 5) is 13.1. The van der Waals surface area contributed by atoms with Gasteiger partial charge in [0.15, 0.2) is 35.1 Å². The van der Waals surface area contributed by atoms with Crippen LogP contribution in [0.1, 0.15) is 13.2 Å². The number of ether oxygens (including phenoxy) is 1. The molecule has 1 saturated heterocycles. The highest BCUT2D eigenvalue weighted by Crippen LogP contribution is 2.42. The Labute approximate surface area is 182 Å². The lowest BCUT2D eigenvalue weighted by atomic mass is 9.99. The van der Waals surface area contributed by atoms with Crippen LogP contribution in [-0.2, 0) is 13.8 Å². The van der Waals surface area contributed by atoms with Gasteiger partial charge in [-0.05, 0) is 19.1 Å². The summed E-state index contributed by atoms with van der Waals surface area (Å²) >= 11 is 0. The second-order valence-corrected chi connectivity index (χ2v) is 8.53. The minimum Gasteiger partial charge on any atom is -0.387 e. The van der Waals surface area contributed by atoms with Gasteiger partial charge in [-0.2, -0.15) is 14.4 Å². The molecule has 1 aromatic carbocycles. The molecular weight excluding hydrogens is 447 g/mol. The van der Waals surface area contributed by atoms with Crippen LogP contribution in [0, 0.1) is 6.08 Å². The molecule has 10 nitrogen and oxygen atoms in total. The van der Waals surface area contributed by atoms with Crippen molar-refractivity contribution in [3.63, 3.8) is 0 Å². The molecule has 4 rings (SSSR count). The highest BCUT2D eigenvalue weighted by Gasteiger charge is 2.55. The van der Waals surface area contributed by atoms with Gasteiger partial charge in [0, 0.05) is 18.7 Å². The van der Waals surface area contributed by atoms with Gasteiger partial charge in [-0.15, -0.1) is 4.52 Å². The fraction of sp³-hybridized carbons (Fsp3) is 0.421. The Hall–Kier alpha value is -2.79. The van der Waals surface area contributed by atoms with Crippen LogP contribution in [0.25, 0.3) is 11.2 Å². The second-order valence-electron chi connectivity index (χ2n) is 7.65. The number of aliphatic hydroxyl groups excluding tert-OH is 1. The molecular formula is C19H21F2N5O5P+. The summed E-state index contributed by atoms with van der Waals surface area (Å²) in [5.74, 6) is 0.539. The maximum Gasteiger partial charge on any atom is 0.750 e. The average Bonchev–Trinajstić information content (AvgIpc) is 3.27. The number of imidazole rings is 1. The van der Waals surface area contributed by atoms with E-state index in [1.54, 1.807) is 49.3 Å². The third kappa shape index (κ3) is 4.14.